The summed E-state index contributed by atoms with van der Waals surface area (Å²) in [4.78, 5) is 0. The second-order valence-corrected chi connectivity index (χ2v) is 5.96. The van der Waals surface area contributed by atoms with Gasteiger partial charge in [-0.15, -0.1) is 0 Å². The Balaban J connectivity index is 1.72. The molecule has 5 heteroatoms. The van der Waals surface area contributed by atoms with Crippen molar-refractivity contribution in [1.82, 2.24) is 15.1 Å². The molecule has 21 heavy (non-hydrogen) atoms. The van der Waals surface area contributed by atoms with Crippen molar-refractivity contribution in [3.05, 3.63) is 30.5 Å². The van der Waals surface area contributed by atoms with Crippen LogP contribution in [-0.4, -0.2) is 41.9 Å². The van der Waals surface area contributed by atoms with Crippen LogP contribution in [0.5, 0.6) is 0 Å². The Morgan fingerprint density at radius 1 is 1.29 bits per heavy atom. The minimum atomic E-state index is -0.398. The summed E-state index contributed by atoms with van der Waals surface area (Å²) < 4.78 is 14.0. The monoisotopic (exact) mass is 287 g/mol. The molecular formula is C16H21N3O2. The molecule has 0 radical (unpaired) electrons. The van der Waals surface area contributed by atoms with Gasteiger partial charge in [-0.05, 0) is 19.5 Å². The maximum Gasteiger partial charge on any atom is 0.170 e. The molecule has 1 saturated carbocycles. The van der Waals surface area contributed by atoms with Crippen LogP contribution in [0.4, 0.5) is 0 Å². The molecule has 1 aliphatic heterocycles. The van der Waals surface area contributed by atoms with E-state index in [1.54, 1.807) is 0 Å². The fraction of sp³-hybridized carbons (Fsp3) is 0.562. The van der Waals surface area contributed by atoms with Gasteiger partial charge in [0.05, 0.1) is 31.0 Å². The second kappa shape index (κ2) is 5.09. The lowest BCUT2D eigenvalue weighted by atomic mass is 9.85. The second-order valence-electron chi connectivity index (χ2n) is 5.96. The smallest absolute Gasteiger partial charge is 0.170 e. The Bertz CT molecular complexity index is 633. The summed E-state index contributed by atoms with van der Waals surface area (Å²) in [6.45, 7) is 1.41. The molecule has 2 fully saturated rings. The van der Waals surface area contributed by atoms with Gasteiger partial charge in [-0.2, -0.15) is 5.10 Å². The zero-order valence-corrected chi connectivity index (χ0v) is 12.3. The van der Waals surface area contributed by atoms with E-state index in [9.17, 15) is 0 Å². The van der Waals surface area contributed by atoms with E-state index < -0.39 is 5.79 Å². The summed E-state index contributed by atoms with van der Waals surface area (Å²) in [6, 6.07) is 9.00. The van der Waals surface area contributed by atoms with Gasteiger partial charge < -0.3 is 14.8 Å². The highest BCUT2D eigenvalue weighted by Crippen LogP contribution is 2.41. The summed E-state index contributed by atoms with van der Waals surface area (Å²) in [5, 5.41) is 9.26. The number of hydrogen-bond acceptors (Lipinski definition) is 4. The first-order valence-corrected chi connectivity index (χ1v) is 7.69. The van der Waals surface area contributed by atoms with Crippen molar-refractivity contribution >= 4 is 10.9 Å². The minimum Gasteiger partial charge on any atom is -0.347 e. The van der Waals surface area contributed by atoms with Crippen LogP contribution in [0.25, 0.3) is 10.9 Å². The van der Waals surface area contributed by atoms with E-state index in [1.165, 1.54) is 10.9 Å². The highest BCUT2D eigenvalue weighted by molar-refractivity contribution is 5.78. The molecule has 2 aliphatic rings. The zero-order chi connectivity index (χ0) is 14.3. The Hall–Kier alpha value is -1.43. The molecule has 2 unspecified atom stereocenters. The van der Waals surface area contributed by atoms with E-state index in [-0.39, 0.29) is 6.04 Å². The van der Waals surface area contributed by atoms with Gasteiger partial charge in [0.15, 0.2) is 5.79 Å². The van der Waals surface area contributed by atoms with Gasteiger partial charge in [0.25, 0.3) is 0 Å². The fourth-order valence-electron chi connectivity index (χ4n) is 3.74. The van der Waals surface area contributed by atoms with Crippen LogP contribution in [0.3, 0.4) is 0 Å². The van der Waals surface area contributed by atoms with Crippen LogP contribution in [0.1, 0.15) is 25.3 Å². The summed E-state index contributed by atoms with van der Waals surface area (Å²) >= 11 is 0. The van der Waals surface area contributed by atoms with E-state index in [1.807, 2.05) is 13.2 Å². The average Bonchev–Trinajstić information content (AvgIpc) is 3.14. The van der Waals surface area contributed by atoms with Gasteiger partial charge in [-0.25, -0.2) is 0 Å². The number of para-hydroxylation sites is 1. The Morgan fingerprint density at radius 2 is 2.10 bits per heavy atom. The van der Waals surface area contributed by atoms with E-state index in [0.29, 0.717) is 19.3 Å². The summed E-state index contributed by atoms with van der Waals surface area (Å²) in [7, 11) is 2.03. The van der Waals surface area contributed by atoms with Crippen LogP contribution in [0.2, 0.25) is 0 Å². The van der Waals surface area contributed by atoms with Crippen molar-refractivity contribution in [3.63, 3.8) is 0 Å². The molecule has 1 N–H and O–H groups in total. The quantitative estimate of drug-likeness (QED) is 0.919. The molecule has 4 rings (SSSR count). The van der Waals surface area contributed by atoms with Crippen LogP contribution in [0, 0.1) is 0 Å². The van der Waals surface area contributed by atoms with Gasteiger partial charge in [0, 0.05) is 24.3 Å². The highest BCUT2D eigenvalue weighted by Gasteiger charge is 2.45. The molecule has 1 aliphatic carbocycles. The molecular weight excluding hydrogens is 266 g/mol. The van der Waals surface area contributed by atoms with Gasteiger partial charge in [-0.3, -0.25) is 4.68 Å². The predicted octanol–water partition coefficient (Wildman–Crippen LogP) is 2.09. The number of fused-ring (bicyclic) bond motifs is 1. The van der Waals surface area contributed by atoms with Gasteiger partial charge in [0.1, 0.15) is 0 Å². The van der Waals surface area contributed by atoms with Crippen LogP contribution < -0.4 is 5.32 Å². The minimum absolute atomic E-state index is 0.252. The first-order chi connectivity index (χ1) is 10.3. The lowest BCUT2D eigenvalue weighted by Gasteiger charge is -2.41. The van der Waals surface area contributed by atoms with Gasteiger partial charge in [0.2, 0.25) is 0 Å². The molecule has 2 atom stereocenters. The molecule has 1 saturated heterocycles. The Morgan fingerprint density at radius 3 is 2.90 bits per heavy atom. The lowest BCUT2D eigenvalue weighted by Crippen LogP contribution is -2.48. The zero-order valence-electron chi connectivity index (χ0n) is 12.3. The number of ether oxygens (including phenoxy) is 2. The van der Waals surface area contributed by atoms with E-state index in [4.69, 9.17) is 9.47 Å². The lowest BCUT2D eigenvalue weighted by molar-refractivity contribution is -0.188. The van der Waals surface area contributed by atoms with Crippen LogP contribution in [0.15, 0.2) is 30.5 Å². The molecule has 1 spiro atoms. The standard InChI is InChI=1S/C16H21N3O2/c1-17-13-6-7-16(20-8-9-21-16)10-15(13)19-14-5-3-2-4-12(14)11-18-19/h2-5,11,13,15,17H,6-10H2,1H3. The average molecular weight is 287 g/mol. The third-order valence-electron chi connectivity index (χ3n) is 4.82. The maximum absolute atomic E-state index is 5.92. The van der Waals surface area contributed by atoms with Crippen LogP contribution in [-0.2, 0) is 9.47 Å². The molecule has 0 bridgehead atoms. The van der Waals surface area contributed by atoms with Gasteiger partial charge >= 0.3 is 0 Å². The normalized spacial score (nSPS) is 28.4. The van der Waals surface area contributed by atoms with Crippen LogP contribution >= 0.6 is 0 Å². The van der Waals surface area contributed by atoms with Crippen molar-refractivity contribution in [3.8, 4) is 0 Å². The first kappa shape index (κ1) is 13.2. The largest absolute Gasteiger partial charge is 0.347 e. The van der Waals surface area contributed by atoms with Crippen molar-refractivity contribution in [2.45, 2.75) is 37.1 Å². The molecule has 2 heterocycles. The Labute approximate surface area is 124 Å². The van der Waals surface area contributed by atoms with E-state index >= 15 is 0 Å². The highest BCUT2D eigenvalue weighted by atomic mass is 16.7. The van der Waals surface area contributed by atoms with E-state index in [0.717, 1.165) is 19.3 Å². The van der Waals surface area contributed by atoms with Crippen molar-refractivity contribution in [2.24, 2.45) is 0 Å². The van der Waals surface area contributed by atoms with E-state index in [2.05, 4.69) is 39.4 Å². The molecule has 2 aromatic rings. The number of rotatable bonds is 2. The first-order valence-electron chi connectivity index (χ1n) is 7.69. The predicted molar refractivity (Wildman–Crippen MR) is 80.1 cm³/mol. The van der Waals surface area contributed by atoms with Crippen molar-refractivity contribution < 1.29 is 9.47 Å². The summed E-state index contributed by atoms with van der Waals surface area (Å²) in [5.41, 5.74) is 1.18. The van der Waals surface area contributed by atoms with Gasteiger partial charge in [-0.1, -0.05) is 18.2 Å². The number of nitrogens with zero attached hydrogens (tertiary/aromatic N) is 2. The number of benzene rings is 1. The molecule has 1 aromatic carbocycles. The summed E-state index contributed by atoms with van der Waals surface area (Å²) in [6.07, 6.45) is 4.79. The fourth-order valence-corrected chi connectivity index (χ4v) is 3.74. The van der Waals surface area contributed by atoms with Crippen molar-refractivity contribution in [1.29, 1.82) is 0 Å². The molecule has 112 valence electrons. The number of nitrogens with one attached hydrogen (secondary N) is 1. The number of likely N-dealkylation sites (N-methyl/N-ethyl adjacent to an activating group) is 1. The maximum atomic E-state index is 5.92. The molecule has 1 aromatic heterocycles. The molecule has 0 amide bonds. The Kier molecular flexibility index (Phi) is 3.21. The third-order valence-corrected chi connectivity index (χ3v) is 4.82. The third kappa shape index (κ3) is 2.16. The number of hydrogen-bond donors (Lipinski definition) is 1. The SMILES string of the molecule is CNC1CCC2(CC1n1ncc3ccccc31)OCCO2. The topological polar surface area (TPSA) is 48.3 Å². The summed E-state index contributed by atoms with van der Waals surface area (Å²) in [5.74, 6) is -0.398. The molecule has 5 nitrogen and oxygen atoms in total. The number of aromatic nitrogens is 2. The van der Waals surface area contributed by atoms with Crippen molar-refractivity contribution in [2.75, 3.05) is 20.3 Å².